The molecule has 0 aliphatic carbocycles. The van der Waals surface area contributed by atoms with Crippen molar-refractivity contribution in [3.63, 3.8) is 0 Å². The lowest BCUT2D eigenvalue weighted by Crippen LogP contribution is -2.20. The number of thiophene rings is 1. The number of phenols is 1. The summed E-state index contributed by atoms with van der Waals surface area (Å²) in [7, 11) is 3.31. The van der Waals surface area contributed by atoms with Crippen LogP contribution in [-0.4, -0.2) is 30.0 Å². The van der Waals surface area contributed by atoms with E-state index in [0.717, 1.165) is 6.07 Å². The average Bonchev–Trinajstić information content (AvgIpc) is 2.81. The molecule has 1 amide bonds. The second-order valence-electron chi connectivity index (χ2n) is 4.15. The van der Waals surface area contributed by atoms with Gasteiger partial charge >= 0.3 is 0 Å². The third-order valence-electron chi connectivity index (χ3n) is 2.52. The fourth-order valence-electron chi connectivity index (χ4n) is 1.54. The topological polar surface area (TPSA) is 40.5 Å². The van der Waals surface area contributed by atoms with Crippen LogP contribution in [0.3, 0.4) is 0 Å². The number of carbonyl (C=O) groups excluding carboxylic acids is 1. The number of benzene rings is 1. The molecule has 1 heterocycles. The third-order valence-corrected chi connectivity index (χ3v) is 3.93. The summed E-state index contributed by atoms with van der Waals surface area (Å²) >= 11 is 6.95. The molecule has 100 valence electrons. The number of hydrogen-bond donors (Lipinski definition) is 1. The molecule has 0 radical (unpaired) electrons. The first kappa shape index (κ1) is 13.8. The Balaban J connectivity index is 2.44. The fourth-order valence-corrected chi connectivity index (χ4v) is 2.75. The zero-order valence-electron chi connectivity index (χ0n) is 10.3. The minimum Gasteiger partial charge on any atom is -0.506 e. The van der Waals surface area contributed by atoms with Gasteiger partial charge in [0, 0.05) is 30.6 Å². The molecule has 6 heteroatoms. The Morgan fingerprint density at radius 2 is 2.05 bits per heavy atom. The van der Waals surface area contributed by atoms with Gasteiger partial charge in [-0.05, 0) is 18.2 Å². The number of carbonyl (C=O) groups is 1. The lowest BCUT2D eigenvalue weighted by atomic mass is 10.1. The van der Waals surface area contributed by atoms with Crippen LogP contribution in [0.15, 0.2) is 24.3 Å². The van der Waals surface area contributed by atoms with Crippen molar-refractivity contribution in [2.24, 2.45) is 0 Å². The summed E-state index contributed by atoms with van der Waals surface area (Å²) < 4.78 is 13.8. The molecule has 0 atom stereocenters. The first-order chi connectivity index (χ1) is 8.90. The standard InChI is InChI=1S/C13H11ClFNO2S/c1-16(2)13(18)12-4-3-11(19-12)7-5-8(14)10(17)6-9(7)15/h3-6,17H,1-2H3. The molecule has 2 aromatic rings. The maximum absolute atomic E-state index is 13.8. The van der Waals surface area contributed by atoms with Crippen molar-refractivity contribution in [3.05, 3.63) is 40.0 Å². The van der Waals surface area contributed by atoms with Crippen molar-refractivity contribution in [2.75, 3.05) is 14.1 Å². The van der Waals surface area contributed by atoms with Gasteiger partial charge in [0.15, 0.2) is 0 Å². The highest BCUT2D eigenvalue weighted by Crippen LogP contribution is 2.35. The van der Waals surface area contributed by atoms with E-state index in [1.54, 1.807) is 26.2 Å². The summed E-state index contributed by atoms with van der Waals surface area (Å²) in [5, 5.41) is 9.38. The molecule has 0 spiro atoms. The predicted molar refractivity (Wildman–Crippen MR) is 74.4 cm³/mol. The van der Waals surface area contributed by atoms with Crippen LogP contribution in [-0.2, 0) is 0 Å². The van der Waals surface area contributed by atoms with Gasteiger partial charge in [0.2, 0.25) is 0 Å². The first-order valence-electron chi connectivity index (χ1n) is 5.40. The van der Waals surface area contributed by atoms with Gasteiger partial charge in [0.25, 0.3) is 5.91 Å². The number of phenolic OH excluding ortho intramolecular Hbond substituents is 1. The number of nitrogens with zero attached hydrogens (tertiary/aromatic N) is 1. The van der Waals surface area contributed by atoms with Crippen LogP contribution >= 0.6 is 22.9 Å². The lowest BCUT2D eigenvalue weighted by molar-refractivity contribution is 0.0832. The molecular formula is C13H11ClFNO2S. The van der Waals surface area contributed by atoms with E-state index in [1.807, 2.05) is 0 Å². The zero-order valence-corrected chi connectivity index (χ0v) is 11.8. The highest BCUT2D eigenvalue weighted by molar-refractivity contribution is 7.17. The second kappa shape index (κ2) is 5.19. The maximum Gasteiger partial charge on any atom is 0.263 e. The maximum atomic E-state index is 13.8. The van der Waals surface area contributed by atoms with Crippen LogP contribution in [0.4, 0.5) is 4.39 Å². The van der Waals surface area contributed by atoms with Gasteiger partial charge in [0.1, 0.15) is 11.6 Å². The number of aromatic hydroxyl groups is 1. The van der Waals surface area contributed by atoms with E-state index >= 15 is 0 Å². The third kappa shape index (κ3) is 2.72. The van der Waals surface area contributed by atoms with E-state index in [1.165, 1.54) is 22.3 Å². The SMILES string of the molecule is CN(C)C(=O)c1ccc(-c2cc(Cl)c(O)cc2F)s1. The van der Waals surface area contributed by atoms with Gasteiger partial charge in [-0.15, -0.1) is 11.3 Å². The highest BCUT2D eigenvalue weighted by atomic mass is 35.5. The summed E-state index contributed by atoms with van der Waals surface area (Å²) in [6.45, 7) is 0. The summed E-state index contributed by atoms with van der Waals surface area (Å²) in [4.78, 5) is 14.3. The molecule has 0 unspecified atom stereocenters. The quantitative estimate of drug-likeness (QED) is 0.920. The van der Waals surface area contributed by atoms with Crippen LogP contribution in [0.2, 0.25) is 5.02 Å². The molecule has 1 aromatic carbocycles. The summed E-state index contributed by atoms with van der Waals surface area (Å²) in [5.41, 5.74) is 0.269. The Morgan fingerprint density at radius 3 is 2.68 bits per heavy atom. The largest absolute Gasteiger partial charge is 0.506 e. The van der Waals surface area contributed by atoms with E-state index in [2.05, 4.69) is 0 Å². The number of amides is 1. The normalized spacial score (nSPS) is 10.5. The number of hydrogen-bond acceptors (Lipinski definition) is 3. The Hall–Kier alpha value is -1.59. The zero-order chi connectivity index (χ0) is 14.2. The van der Waals surface area contributed by atoms with Crippen molar-refractivity contribution < 1.29 is 14.3 Å². The second-order valence-corrected chi connectivity index (χ2v) is 5.64. The average molecular weight is 300 g/mol. The van der Waals surface area contributed by atoms with Gasteiger partial charge in [-0.3, -0.25) is 4.79 Å². The van der Waals surface area contributed by atoms with Crippen LogP contribution in [0, 0.1) is 5.82 Å². The summed E-state index contributed by atoms with van der Waals surface area (Å²) in [5.74, 6) is -1.02. The van der Waals surface area contributed by atoms with E-state index in [4.69, 9.17) is 11.6 Å². The van der Waals surface area contributed by atoms with E-state index < -0.39 is 5.82 Å². The summed E-state index contributed by atoms with van der Waals surface area (Å²) in [6, 6.07) is 5.61. The predicted octanol–water partition coefficient (Wildman–Crippen LogP) is 3.62. The van der Waals surface area contributed by atoms with Gasteiger partial charge in [-0.25, -0.2) is 4.39 Å². The van der Waals surface area contributed by atoms with Crippen molar-refractivity contribution in [3.8, 4) is 16.2 Å². The highest BCUT2D eigenvalue weighted by Gasteiger charge is 2.15. The Bertz CT molecular complexity index is 640. The Kier molecular flexibility index (Phi) is 3.78. The molecule has 1 aromatic heterocycles. The van der Waals surface area contributed by atoms with Crippen LogP contribution in [0.1, 0.15) is 9.67 Å². The molecule has 19 heavy (non-hydrogen) atoms. The number of rotatable bonds is 2. The van der Waals surface area contributed by atoms with Gasteiger partial charge < -0.3 is 10.0 Å². The van der Waals surface area contributed by atoms with E-state index in [9.17, 15) is 14.3 Å². The monoisotopic (exact) mass is 299 g/mol. The van der Waals surface area contributed by atoms with E-state index in [0.29, 0.717) is 9.75 Å². The Morgan fingerprint density at radius 1 is 1.37 bits per heavy atom. The molecule has 0 bridgehead atoms. The molecule has 2 rings (SSSR count). The molecule has 0 fully saturated rings. The van der Waals surface area contributed by atoms with Gasteiger partial charge in [-0.2, -0.15) is 0 Å². The lowest BCUT2D eigenvalue weighted by Gasteiger charge is -2.07. The molecule has 1 N–H and O–H groups in total. The molecule has 0 saturated heterocycles. The minimum absolute atomic E-state index is 0.0743. The number of halogens is 2. The van der Waals surface area contributed by atoms with Crippen molar-refractivity contribution in [2.45, 2.75) is 0 Å². The minimum atomic E-state index is -0.576. The van der Waals surface area contributed by atoms with E-state index in [-0.39, 0.29) is 22.2 Å². The van der Waals surface area contributed by atoms with Gasteiger partial charge in [0.05, 0.1) is 9.90 Å². The fraction of sp³-hybridized carbons (Fsp3) is 0.154. The molecular weight excluding hydrogens is 289 g/mol. The Labute approximate surface area is 118 Å². The molecule has 0 aliphatic heterocycles. The van der Waals surface area contributed by atoms with Crippen molar-refractivity contribution in [1.29, 1.82) is 0 Å². The molecule has 3 nitrogen and oxygen atoms in total. The van der Waals surface area contributed by atoms with Crippen LogP contribution in [0.25, 0.3) is 10.4 Å². The van der Waals surface area contributed by atoms with Crippen molar-refractivity contribution in [1.82, 2.24) is 4.90 Å². The van der Waals surface area contributed by atoms with Crippen LogP contribution in [0.5, 0.6) is 5.75 Å². The molecule has 0 saturated carbocycles. The summed E-state index contributed by atoms with van der Waals surface area (Å²) in [6.07, 6.45) is 0. The van der Waals surface area contributed by atoms with Crippen LogP contribution < -0.4 is 0 Å². The molecule has 0 aliphatic rings. The first-order valence-corrected chi connectivity index (χ1v) is 6.59. The smallest absolute Gasteiger partial charge is 0.263 e. The van der Waals surface area contributed by atoms with Gasteiger partial charge in [-0.1, -0.05) is 11.6 Å². The van der Waals surface area contributed by atoms with Crippen molar-refractivity contribution >= 4 is 28.8 Å².